The Morgan fingerprint density at radius 1 is 1.14 bits per heavy atom. The number of hydrogen-bond donors (Lipinski definition) is 2. The summed E-state index contributed by atoms with van der Waals surface area (Å²) in [6.45, 7) is 8.05. The van der Waals surface area contributed by atoms with E-state index in [1.165, 1.54) is 11.1 Å². The van der Waals surface area contributed by atoms with Crippen LogP contribution in [0.15, 0.2) is 41.0 Å². The van der Waals surface area contributed by atoms with Crippen LogP contribution in [0.4, 0.5) is 5.69 Å². The first kappa shape index (κ1) is 20.9. The zero-order valence-electron chi connectivity index (χ0n) is 17.1. The largest absolute Gasteiger partial charge is 0.464 e. The minimum Gasteiger partial charge on any atom is -0.464 e. The Morgan fingerprint density at radius 3 is 2.62 bits per heavy atom. The molecule has 152 valence electrons. The van der Waals surface area contributed by atoms with E-state index in [0.29, 0.717) is 16.6 Å². The Balaban J connectivity index is 1.63. The molecule has 6 heteroatoms. The van der Waals surface area contributed by atoms with Crippen LogP contribution in [-0.4, -0.2) is 18.4 Å². The lowest BCUT2D eigenvalue weighted by Crippen LogP contribution is -2.33. The van der Waals surface area contributed by atoms with Gasteiger partial charge in [0.25, 0.3) is 0 Å². The molecular weight excluding hydrogens is 388 g/mol. The maximum atomic E-state index is 12.4. The molecule has 1 heterocycles. The Hall–Kier alpha value is -2.79. The van der Waals surface area contributed by atoms with E-state index in [1.54, 1.807) is 24.5 Å². The molecule has 3 rings (SSSR count). The van der Waals surface area contributed by atoms with Crippen molar-refractivity contribution in [2.75, 3.05) is 11.9 Å². The molecule has 29 heavy (non-hydrogen) atoms. The van der Waals surface area contributed by atoms with Crippen LogP contribution in [0.3, 0.4) is 0 Å². The van der Waals surface area contributed by atoms with Crippen LogP contribution in [-0.2, 0) is 16.0 Å². The number of aryl methyl sites for hydroxylation is 1. The van der Waals surface area contributed by atoms with E-state index in [4.69, 9.17) is 16.0 Å². The van der Waals surface area contributed by atoms with Crippen molar-refractivity contribution in [2.45, 2.75) is 40.0 Å². The summed E-state index contributed by atoms with van der Waals surface area (Å²) < 4.78 is 5.62. The fourth-order valence-electron chi connectivity index (χ4n) is 3.36. The lowest BCUT2D eigenvalue weighted by Gasteiger charge is -2.11. The Kier molecular flexibility index (Phi) is 6.28. The first-order valence-corrected chi connectivity index (χ1v) is 9.96. The minimum absolute atomic E-state index is 0.114. The smallest absolute Gasteiger partial charge is 0.243 e. The van der Waals surface area contributed by atoms with Gasteiger partial charge in [-0.2, -0.15) is 0 Å². The number of fused-ring (bicyclic) bond motifs is 1. The molecule has 0 atom stereocenters. The molecule has 3 aromatic rings. The van der Waals surface area contributed by atoms with Gasteiger partial charge in [0.05, 0.1) is 19.2 Å². The molecule has 0 aliphatic carbocycles. The molecule has 0 saturated carbocycles. The molecule has 1 aromatic heterocycles. The van der Waals surface area contributed by atoms with Gasteiger partial charge in [0.15, 0.2) is 0 Å². The highest BCUT2D eigenvalue weighted by Crippen LogP contribution is 2.29. The zero-order valence-corrected chi connectivity index (χ0v) is 17.8. The second-order valence-corrected chi connectivity index (χ2v) is 7.94. The molecule has 2 amide bonds. The maximum absolute atomic E-state index is 12.4. The monoisotopic (exact) mass is 412 g/mol. The van der Waals surface area contributed by atoms with Crippen molar-refractivity contribution >= 4 is 40.1 Å². The lowest BCUT2D eigenvalue weighted by atomic mass is 9.95. The summed E-state index contributed by atoms with van der Waals surface area (Å²) in [5.74, 6) is -0.162. The number of anilines is 1. The normalized spacial score (nSPS) is 11.1. The molecule has 0 aliphatic heterocycles. The molecular formula is C23H25ClN2O3. The van der Waals surface area contributed by atoms with Crippen molar-refractivity contribution in [2.24, 2.45) is 0 Å². The summed E-state index contributed by atoms with van der Waals surface area (Å²) in [5.41, 5.74) is 5.40. The first-order chi connectivity index (χ1) is 13.8. The summed E-state index contributed by atoms with van der Waals surface area (Å²) in [7, 11) is 0. The standard InChI is InChI=1S/C23H25ClN2O3/c1-13(2)17-10-18-16(12-29-21(18)8-14(17)3)9-22(27)25-11-23(28)26-20-7-5-6-19(24)15(20)4/h5-8,10,12-13H,9,11H2,1-4H3,(H,25,27)(H,26,28). The summed E-state index contributed by atoms with van der Waals surface area (Å²) in [5, 5.41) is 6.94. The Bertz CT molecular complexity index is 1070. The predicted molar refractivity (Wildman–Crippen MR) is 117 cm³/mol. The van der Waals surface area contributed by atoms with E-state index in [0.717, 1.165) is 22.1 Å². The van der Waals surface area contributed by atoms with Crippen LogP contribution in [0.25, 0.3) is 11.0 Å². The van der Waals surface area contributed by atoms with Gasteiger partial charge in [-0.1, -0.05) is 31.5 Å². The topological polar surface area (TPSA) is 71.3 Å². The van der Waals surface area contributed by atoms with E-state index in [-0.39, 0.29) is 24.8 Å². The second-order valence-electron chi connectivity index (χ2n) is 7.53. The first-order valence-electron chi connectivity index (χ1n) is 9.58. The van der Waals surface area contributed by atoms with Crippen LogP contribution < -0.4 is 10.6 Å². The van der Waals surface area contributed by atoms with Crippen LogP contribution in [0.2, 0.25) is 5.02 Å². The highest BCUT2D eigenvalue weighted by atomic mass is 35.5. The van der Waals surface area contributed by atoms with Crippen LogP contribution in [0.5, 0.6) is 0 Å². The zero-order chi connectivity index (χ0) is 21.1. The highest BCUT2D eigenvalue weighted by Gasteiger charge is 2.15. The van der Waals surface area contributed by atoms with Gasteiger partial charge in [0, 0.05) is 21.7 Å². The van der Waals surface area contributed by atoms with Crippen LogP contribution in [0.1, 0.15) is 42.0 Å². The number of carbonyl (C=O) groups excluding carboxylic acids is 2. The number of nitrogens with one attached hydrogen (secondary N) is 2. The van der Waals surface area contributed by atoms with E-state index in [1.807, 2.05) is 13.0 Å². The average molecular weight is 413 g/mol. The van der Waals surface area contributed by atoms with Gasteiger partial charge in [0.1, 0.15) is 5.58 Å². The maximum Gasteiger partial charge on any atom is 0.243 e. The van der Waals surface area contributed by atoms with Gasteiger partial charge in [-0.05, 0) is 60.7 Å². The fourth-order valence-corrected chi connectivity index (χ4v) is 3.53. The number of halogens is 1. The minimum atomic E-state index is -0.307. The van der Waals surface area contributed by atoms with Crippen LogP contribution in [0, 0.1) is 13.8 Å². The third kappa shape index (κ3) is 4.80. The third-order valence-electron chi connectivity index (χ3n) is 5.00. The quantitative estimate of drug-likeness (QED) is 0.590. The third-order valence-corrected chi connectivity index (χ3v) is 5.41. The van der Waals surface area contributed by atoms with Gasteiger partial charge >= 0.3 is 0 Å². The SMILES string of the molecule is Cc1cc2occ(CC(=O)NCC(=O)Nc3cccc(Cl)c3C)c2cc1C(C)C. The second kappa shape index (κ2) is 8.70. The van der Waals surface area contributed by atoms with Gasteiger partial charge < -0.3 is 15.1 Å². The molecule has 5 nitrogen and oxygen atoms in total. The average Bonchev–Trinajstić information content (AvgIpc) is 3.04. The number of rotatable bonds is 6. The van der Waals surface area contributed by atoms with E-state index >= 15 is 0 Å². The Morgan fingerprint density at radius 2 is 1.90 bits per heavy atom. The molecule has 2 aromatic carbocycles. The number of hydrogen-bond acceptors (Lipinski definition) is 3. The van der Waals surface area contributed by atoms with Gasteiger partial charge in [-0.3, -0.25) is 9.59 Å². The molecule has 0 fully saturated rings. The van der Waals surface area contributed by atoms with Gasteiger partial charge in [-0.25, -0.2) is 0 Å². The molecule has 0 radical (unpaired) electrons. The van der Waals surface area contributed by atoms with Gasteiger partial charge in [0.2, 0.25) is 11.8 Å². The van der Waals surface area contributed by atoms with Crippen molar-refractivity contribution in [1.29, 1.82) is 0 Å². The number of furan rings is 1. The summed E-state index contributed by atoms with van der Waals surface area (Å²) in [4.78, 5) is 24.5. The van der Waals surface area contributed by atoms with Crippen molar-refractivity contribution in [1.82, 2.24) is 5.32 Å². The van der Waals surface area contributed by atoms with Crippen molar-refractivity contribution in [3.05, 3.63) is 63.9 Å². The summed E-state index contributed by atoms with van der Waals surface area (Å²) in [6, 6.07) is 9.40. The highest BCUT2D eigenvalue weighted by molar-refractivity contribution is 6.31. The predicted octanol–water partition coefficient (Wildman–Crippen LogP) is 5.12. The molecule has 0 saturated heterocycles. The van der Waals surface area contributed by atoms with Crippen LogP contribution >= 0.6 is 11.6 Å². The van der Waals surface area contributed by atoms with E-state index < -0.39 is 0 Å². The summed E-state index contributed by atoms with van der Waals surface area (Å²) >= 11 is 6.06. The number of carbonyl (C=O) groups is 2. The van der Waals surface area contributed by atoms with Crippen molar-refractivity contribution in [3.8, 4) is 0 Å². The lowest BCUT2D eigenvalue weighted by molar-refractivity contribution is -0.123. The molecule has 2 N–H and O–H groups in total. The van der Waals surface area contributed by atoms with E-state index in [2.05, 4.69) is 37.5 Å². The Labute approximate surface area is 175 Å². The number of benzene rings is 2. The summed E-state index contributed by atoms with van der Waals surface area (Å²) in [6.07, 6.45) is 1.76. The number of amides is 2. The molecule has 0 unspecified atom stereocenters. The molecule has 0 aliphatic rings. The van der Waals surface area contributed by atoms with Crippen molar-refractivity contribution in [3.63, 3.8) is 0 Å². The van der Waals surface area contributed by atoms with Gasteiger partial charge in [-0.15, -0.1) is 0 Å². The van der Waals surface area contributed by atoms with E-state index in [9.17, 15) is 9.59 Å². The molecule has 0 spiro atoms. The fraction of sp³-hybridized carbons (Fsp3) is 0.304. The van der Waals surface area contributed by atoms with Crippen molar-refractivity contribution < 1.29 is 14.0 Å². The molecule has 0 bridgehead atoms.